The molecule has 0 radical (unpaired) electrons. The number of nitrogens with one attached hydrogen (secondary N) is 1. The van der Waals surface area contributed by atoms with Crippen molar-refractivity contribution >= 4 is 29.0 Å². The molecule has 1 aromatic rings. The lowest BCUT2D eigenvalue weighted by Gasteiger charge is -2.37. The highest BCUT2D eigenvalue weighted by Gasteiger charge is 2.34. The Labute approximate surface area is 170 Å². The monoisotopic (exact) mass is 406 g/mol. The van der Waals surface area contributed by atoms with E-state index in [0.717, 1.165) is 18.7 Å². The molecule has 0 spiro atoms. The molecule has 1 atom stereocenters. The molecule has 8 nitrogen and oxygen atoms in total. The number of nitro benzene ring substituents is 1. The van der Waals surface area contributed by atoms with Gasteiger partial charge in [-0.3, -0.25) is 10.1 Å². The standard InChI is InChI=1S/C19H26N4O4S/c1-5-27-18(24)16-13(2)22(12-6-11-21(3)4)19(28)20-17(16)14-7-9-15(10-8-14)23(25)26/h7-10,17H,5-6,11-12H2,1-4H3,(H,20,28)/t17-/m1/s1. The lowest BCUT2D eigenvalue weighted by atomic mass is 9.94. The van der Waals surface area contributed by atoms with Gasteiger partial charge in [-0.05, 0) is 70.8 Å². The lowest BCUT2D eigenvalue weighted by Crippen LogP contribution is -2.48. The molecule has 0 saturated carbocycles. The molecule has 0 saturated heterocycles. The molecule has 152 valence electrons. The summed E-state index contributed by atoms with van der Waals surface area (Å²) in [5.41, 5.74) is 1.91. The average molecular weight is 407 g/mol. The summed E-state index contributed by atoms with van der Waals surface area (Å²) in [5, 5.41) is 14.6. The Balaban J connectivity index is 2.38. The molecular weight excluding hydrogens is 380 g/mol. The van der Waals surface area contributed by atoms with Gasteiger partial charge in [0.25, 0.3) is 5.69 Å². The van der Waals surface area contributed by atoms with E-state index >= 15 is 0 Å². The molecule has 1 aliphatic rings. The van der Waals surface area contributed by atoms with E-state index in [2.05, 4.69) is 10.2 Å². The van der Waals surface area contributed by atoms with Crippen LogP contribution >= 0.6 is 12.2 Å². The van der Waals surface area contributed by atoms with Crippen molar-refractivity contribution in [3.63, 3.8) is 0 Å². The maximum atomic E-state index is 12.7. The zero-order chi connectivity index (χ0) is 20.8. The summed E-state index contributed by atoms with van der Waals surface area (Å²) in [4.78, 5) is 27.2. The second kappa shape index (κ2) is 9.61. The van der Waals surface area contributed by atoms with E-state index < -0.39 is 16.9 Å². The van der Waals surface area contributed by atoms with Crippen LogP contribution in [0.3, 0.4) is 0 Å². The quantitative estimate of drug-likeness (QED) is 0.305. The molecule has 28 heavy (non-hydrogen) atoms. The van der Waals surface area contributed by atoms with Crippen molar-refractivity contribution < 1.29 is 14.5 Å². The predicted molar refractivity (Wildman–Crippen MR) is 111 cm³/mol. The van der Waals surface area contributed by atoms with Crippen LogP contribution in [0.25, 0.3) is 0 Å². The van der Waals surface area contributed by atoms with Crippen LogP contribution in [0.5, 0.6) is 0 Å². The summed E-state index contributed by atoms with van der Waals surface area (Å²) in [6.07, 6.45) is 0.879. The molecule has 0 amide bonds. The second-order valence-electron chi connectivity index (χ2n) is 6.76. The van der Waals surface area contributed by atoms with Crippen molar-refractivity contribution in [2.45, 2.75) is 26.3 Å². The van der Waals surface area contributed by atoms with E-state index in [1.807, 2.05) is 25.9 Å². The smallest absolute Gasteiger partial charge is 0.338 e. The molecule has 0 aromatic heterocycles. The zero-order valence-electron chi connectivity index (χ0n) is 16.6. The van der Waals surface area contributed by atoms with Gasteiger partial charge >= 0.3 is 5.97 Å². The summed E-state index contributed by atoms with van der Waals surface area (Å²) in [6, 6.07) is 5.58. The van der Waals surface area contributed by atoms with Crippen LogP contribution in [0.15, 0.2) is 35.5 Å². The van der Waals surface area contributed by atoms with Crippen LogP contribution in [0.1, 0.15) is 31.9 Å². The number of esters is 1. The fraction of sp³-hybridized carbons (Fsp3) is 0.474. The van der Waals surface area contributed by atoms with Gasteiger partial charge in [-0.2, -0.15) is 0 Å². The van der Waals surface area contributed by atoms with Gasteiger partial charge in [0.2, 0.25) is 0 Å². The molecule has 1 heterocycles. The molecular formula is C19H26N4O4S. The SMILES string of the molecule is CCOC(=O)C1=C(C)N(CCCN(C)C)C(=S)N[C@@H]1c1ccc([N+](=O)[O-])cc1. The first-order valence-corrected chi connectivity index (χ1v) is 9.52. The maximum Gasteiger partial charge on any atom is 0.338 e. The maximum absolute atomic E-state index is 12.7. The molecule has 0 bridgehead atoms. The minimum atomic E-state index is -0.516. The van der Waals surface area contributed by atoms with Gasteiger partial charge < -0.3 is 19.9 Å². The fourth-order valence-corrected chi connectivity index (χ4v) is 3.45. The van der Waals surface area contributed by atoms with Gasteiger partial charge in [-0.15, -0.1) is 0 Å². The summed E-state index contributed by atoms with van der Waals surface area (Å²) in [7, 11) is 4.01. The number of allylic oxidation sites excluding steroid dienone is 1. The number of non-ortho nitro benzene ring substituents is 1. The van der Waals surface area contributed by atoms with E-state index in [0.29, 0.717) is 22.8 Å². The third-order valence-electron chi connectivity index (χ3n) is 4.52. The zero-order valence-corrected chi connectivity index (χ0v) is 17.4. The Morgan fingerprint density at radius 2 is 2.00 bits per heavy atom. The third-order valence-corrected chi connectivity index (χ3v) is 4.85. The number of carbonyl (C=O) groups excluding carboxylic acids is 1. The number of nitro groups is 1. The lowest BCUT2D eigenvalue weighted by molar-refractivity contribution is -0.384. The number of nitrogens with zero attached hydrogens (tertiary/aromatic N) is 3. The van der Waals surface area contributed by atoms with Gasteiger partial charge in [-0.25, -0.2) is 4.79 Å². The Kier molecular flexibility index (Phi) is 7.47. The fourth-order valence-electron chi connectivity index (χ4n) is 3.11. The van der Waals surface area contributed by atoms with Crippen molar-refractivity contribution in [3.8, 4) is 0 Å². The van der Waals surface area contributed by atoms with E-state index in [1.165, 1.54) is 12.1 Å². The molecule has 0 unspecified atom stereocenters. The number of thiocarbonyl (C=S) groups is 1. The Morgan fingerprint density at radius 1 is 1.36 bits per heavy atom. The Hall–Kier alpha value is -2.52. The van der Waals surface area contributed by atoms with Gasteiger partial charge in [0, 0.05) is 24.4 Å². The number of hydrogen-bond donors (Lipinski definition) is 1. The number of carbonyl (C=O) groups is 1. The normalized spacial score (nSPS) is 17.0. The van der Waals surface area contributed by atoms with Gasteiger partial charge in [0.05, 0.1) is 23.1 Å². The first kappa shape index (κ1) is 21.8. The first-order chi connectivity index (χ1) is 13.3. The Bertz CT molecular complexity index is 777. The second-order valence-corrected chi connectivity index (χ2v) is 7.15. The van der Waals surface area contributed by atoms with Crippen LogP contribution in [0.4, 0.5) is 5.69 Å². The summed E-state index contributed by atoms with van der Waals surface area (Å²) in [5.74, 6) is -0.420. The van der Waals surface area contributed by atoms with Gasteiger partial charge in [-0.1, -0.05) is 0 Å². The minimum absolute atomic E-state index is 0.00849. The van der Waals surface area contributed by atoms with Crippen LogP contribution in [0.2, 0.25) is 0 Å². The molecule has 0 aliphatic carbocycles. The average Bonchev–Trinajstić information content (AvgIpc) is 2.63. The topological polar surface area (TPSA) is 88.0 Å². The highest BCUT2D eigenvalue weighted by Crippen LogP contribution is 2.32. The van der Waals surface area contributed by atoms with Crippen molar-refractivity contribution in [2.24, 2.45) is 0 Å². The molecule has 1 aliphatic heterocycles. The predicted octanol–water partition coefficient (Wildman–Crippen LogP) is 2.61. The van der Waals surface area contributed by atoms with Crippen LogP contribution in [-0.4, -0.2) is 59.6 Å². The molecule has 0 fully saturated rings. The largest absolute Gasteiger partial charge is 0.463 e. The number of rotatable bonds is 8. The van der Waals surface area contributed by atoms with Crippen LogP contribution in [0, 0.1) is 10.1 Å². The Morgan fingerprint density at radius 3 is 2.54 bits per heavy atom. The van der Waals surface area contributed by atoms with Crippen molar-refractivity contribution in [3.05, 3.63) is 51.2 Å². The molecule has 9 heteroatoms. The van der Waals surface area contributed by atoms with Crippen molar-refractivity contribution in [1.82, 2.24) is 15.1 Å². The highest BCUT2D eigenvalue weighted by molar-refractivity contribution is 7.80. The van der Waals surface area contributed by atoms with Crippen molar-refractivity contribution in [2.75, 3.05) is 33.8 Å². The van der Waals surface area contributed by atoms with E-state index in [1.54, 1.807) is 19.1 Å². The first-order valence-electron chi connectivity index (χ1n) is 9.11. The molecule has 2 rings (SSSR count). The number of hydrogen-bond acceptors (Lipinski definition) is 6. The third kappa shape index (κ3) is 5.05. The van der Waals surface area contributed by atoms with E-state index in [9.17, 15) is 14.9 Å². The molecule has 1 N–H and O–H groups in total. The number of benzene rings is 1. The summed E-state index contributed by atoms with van der Waals surface area (Å²) >= 11 is 5.54. The molecule has 1 aromatic carbocycles. The highest BCUT2D eigenvalue weighted by atomic mass is 32.1. The van der Waals surface area contributed by atoms with E-state index in [-0.39, 0.29) is 12.3 Å². The summed E-state index contributed by atoms with van der Waals surface area (Å²) < 4.78 is 5.27. The van der Waals surface area contributed by atoms with Gasteiger partial charge in [0.1, 0.15) is 0 Å². The van der Waals surface area contributed by atoms with Gasteiger partial charge in [0.15, 0.2) is 5.11 Å². The minimum Gasteiger partial charge on any atom is -0.463 e. The number of ether oxygens (including phenoxy) is 1. The summed E-state index contributed by atoms with van der Waals surface area (Å²) in [6.45, 7) is 5.43. The van der Waals surface area contributed by atoms with Crippen LogP contribution < -0.4 is 5.32 Å². The van der Waals surface area contributed by atoms with Crippen molar-refractivity contribution in [1.29, 1.82) is 0 Å². The van der Waals surface area contributed by atoms with Crippen LogP contribution in [-0.2, 0) is 9.53 Å². The van der Waals surface area contributed by atoms with E-state index in [4.69, 9.17) is 17.0 Å².